The van der Waals surface area contributed by atoms with Gasteiger partial charge < -0.3 is 34.9 Å². The van der Waals surface area contributed by atoms with Crippen LogP contribution in [0.3, 0.4) is 0 Å². The Morgan fingerprint density at radius 3 is 2.38 bits per heavy atom. The number of nitrogens with zero attached hydrogens (tertiary/aromatic N) is 1. The molecule has 5 aliphatic rings. The van der Waals surface area contributed by atoms with Crippen LogP contribution >= 0.6 is 0 Å². The molecule has 0 aromatic heterocycles. The first-order valence-corrected chi connectivity index (χ1v) is 21.7. The van der Waals surface area contributed by atoms with Crippen LogP contribution < -0.4 is 16.0 Å². The molecule has 4 amide bonds. The van der Waals surface area contributed by atoms with Crippen LogP contribution in [-0.4, -0.2) is 92.3 Å². The first-order chi connectivity index (χ1) is 21.7. The van der Waals surface area contributed by atoms with Crippen molar-refractivity contribution in [3.8, 4) is 0 Å². The third kappa shape index (κ3) is 8.92. The molecule has 5 fully saturated rings. The quantitative estimate of drug-likeness (QED) is 0.191. The highest BCUT2D eigenvalue weighted by atomic mass is 28.3. The molecule has 2 bridgehead atoms. The van der Waals surface area contributed by atoms with Gasteiger partial charge in [-0.05, 0) is 89.5 Å². The Morgan fingerprint density at radius 2 is 1.77 bits per heavy atom. The fourth-order valence-corrected chi connectivity index (χ4v) is 9.74. The SMILES string of the molecule is CCC(=O)NCCCC[C@H](NC(=O)[C@@H]1CCCN1C(=O)[C@@H](C[Si](C)(C)C)NC(=O)OC(C)(C)C)B1O[C@@H]2C[C@@H]3C[C@@H](C3(C)C)[C@]2(C)O1. The van der Waals surface area contributed by atoms with Gasteiger partial charge in [-0.2, -0.15) is 0 Å². The molecule has 11 nitrogen and oxygen atoms in total. The zero-order chi connectivity index (χ0) is 34.9. The molecule has 3 N–H and O–H groups in total. The average molecular weight is 677 g/mol. The second kappa shape index (κ2) is 14.4. The number of amides is 4. The minimum atomic E-state index is -1.80. The number of ether oxygens (including phenoxy) is 1. The number of unbranched alkanes of at least 4 members (excludes halogenated alkanes) is 1. The van der Waals surface area contributed by atoms with E-state index < -0.39 is 50.5 Å². The Bertz CT molecular complexity index is 1170. The van der Waals surface area contributed by atoms with Crippen LogP contribution in [0.25, 0.3) is 0 Å². The minimum Gasteiger partial charge on any atom is -0.444 e. The molecule has 0 aromatic carbocycles. The molecule has 266 valence electrons. The molecule has 13 heteroatoms. The van der Waals surface area contributed by atoms with Crippen molar-refractivity contribution in [2.75, 3.05) is 13.1 Å². The molecule has 0 aromatic rings. The minimum absolute atomic E-state index is 0.0154. The van der Waals surface area contributed by atoms with E-state index in [1.807, 2.05) is 6.92 Å². The molecular weight excluding hydrogens is 615 g/mol. The molecule has 47 heavy (non-hydrogen) atoms. The average Bonchev–Trinajstić information content (AvgIpc) is 3.58. The standard InChI is InChI=1S/C34H61BN4O7Si/c1-11-28(40)36-17-13-12-16-27(35-45-26-20-22-19-25(33(22,5)6)34(26,7)46-35)38-29(41)24-15-14-18-39(24)30(42)23(21-47(8,9)10)37-31(43)44-32(2,3)4/h22-27H,11-21H2,1-10H3,(H,36,40)(H,37,43)(H,38,41)/t22-,23+,24-,25-,26+,27-,34-/m0/s1. The lowest BCUT2D eigenvalue weighted by Crippen LogP contribution is -2.65. The lowest BCUT2D eigenvalue weighted by molar-refractivity contribution is -0.199. The monoisotopic (exact) mass is 676 g/mol. The highest BCUT2D eigenvalue weighted by Crippen LogP contribution is 2.65. The molecule has 0 unspecified atom stereocenters. The fraction of sp³-hybridized carbons (Fsp3) is 0.882. The van der Waals surface area contributed by atoms with E-state index in [9.17, 15) is 19.2 Å². The fourth-order valence-electron chi connectivity index (χ4n) is 8.23. The highest BCUT2D eigenvalue weighted by Gasteiger charge is 2.68. The maximum Gasteiger partial charge on any atom is 0.481 e. The summed E-state index contributed by atoms with van der Waals surface area (Å²) >= 11 is 0. The third-order valence-electron chi connectivity index (χ3n) is 10.9. The molecular formula is C34H61BN4O7Si. The molecule has 3 saturated carbocycles. The topological polar surface area (TPSA) is 135 Å². The Hall–Kier alpha value is -2.12. The maximum atomic E-state index is 14.1. The van der Waals surface area contributed by atoms with Crippen LogP contribution in [0, 0.1) is 17.3 Å². The molecule has 2 aliphatic heterocycles. The summed E-state index contributed by atoms with van der Waals surface area (Å²) in [6, 6.07) is -0.877. The van der Waals surface area contributed by atoms with Crippen molar-refractivity contribution >= 4 is 39.0 Å². The van der Waals surface area contributed by atoms with Crippen molar-refractivity contribution in [1.82, 2.24) is 20.9 Å². The summed E-state index contributed by atoms with van der Waals surface area (Å²) in [4.78, 5) is 54.2. The van der Waals surface area contributed by atoms with Gasteiger partial charge in [-0.3, -0.25) is 14.4 Å². The first kappa shape index (κ1) is 37.7. The van der Waals surface area contributed by atoms with Crippen molar-refractivity contribution in [2.24, 2.45) is 17.3 Å². The Balaban J connectivity index is 1.47. The van der Waals surface area contributed by atoms with Crippen LogP contribution in [0.2, 0.25) is 25.7 Å². The number of alkyl carbamates (subject to hydrolysis) is 1. The van der Waals surface area contributed by atoms with Gasteiger partial charge in [0, 0.05) is 27.6 Å². The van der Waals surface area contributed by atoms with Crippen LogP contribution in [0.4, 0.5) is 4.79 Å². The molecule has 2 heterocycles. The van der Waals surface area contributed by atoms with E-state index in [-0.39, 0.29) is 29.2 Å². The third-order valence-corrected chi connectivity index (χ3v) is 12.5. The van der Waals surface area contributed by atoms with Crippen molar-refractivity contribution < 1.29 is 33.2 Å². The second-order valence-electron chi connectivity index (χ2n) is 17.3. The van der Waals surface area contributed by atoms with Crippen LogP contribution in [-0.2, 0) is 28.4 Å². The number of hydrogen-bond acceptors (Lipinski definition) is 7. The van der Waals surface area contributed by atoms with E-state index in [1.165, 1.54) is 0 Å². The lowest BCUT2D eigenvalue weighted by Gasteiger charge is -2.64. The van der Waals surface area contributed by atoms with Gasteiger partial charge in [0.05, 0.1) is 17.6 Å². The number of nitrogens with one attached hydrogen (secondary N) is 3. The normalized spacial score (nSPS) is 29.3. The van der Waals surface area contributed by atoms with Crippen molar-refractivity contribution in [3.63, 3.8) is 0 Å². The van der Waals surface area contributed by atoms with E-state index >= 15 is 0 Å². The van der Waals surface area contributed by atoms with Gasteiger partial charge in [0.2, 0.25) is 17.7 Å². The molecule has 2 saturated heterocycles. The summed E-state index contributed by atoms with van der Waals surface area (Å²) in [7, 11) is -2.39. The van der Waals surface area contributed by atoms with Crippen LogP contribution in [0.1, 0.15) is 99.8 Å². The summed E-state index contributed by atoms with van der Waals surface area (Å²) in [6.45, 7) is 21.5. The largest absolute Gasteiger partial charge is 0.481 e. The number of likely N-dealkylation sites (tertiary alicyclic amines) is 1. The predicted octanol–water partition coefficient (Wildman–Crippen LogP) is 4.66. The Morgan fingerprint density at radius 1 is 1.06 bits per heavy atom. The number of carbonyl (C=O) groups is 4. The summed E-state index contributed by atoms with van der Waals surface area (Å²) in [6.07, 6.45) is 5.30. The van der Waals surface area contributed by atoms with Gasteiger partial charge in [0.25, 0.3) is 0 Å². The number of rotatable bonds is 13. The van der Waals surface area contributed by atoms with Gasteiger partial charge in [-0.1, -0.05) is 46.8 Å². The molecule has 0 spiro atoms. The highest BCUT2D eigenvalue weighted by molar-refractivity contribution is 6.76. The lowest BCUT2D eigenvalue weighted by atomic mass is 9.43. The van der Waals surface area contributed by atoms with E-state index in [0.717, 1.165) is 25.7 Å². The molecule has 0 radical (unpaired) electrons. The van der Waals surface area contributed by atoms with E-state index in [1.54, 1.807) is 25.7 Å². The maximum absolute atomic E-state index is 14.1. The van der Waals surface area contributed by atoms with Crippen LogP contribution in [0.5, 0.6) is 0 Å². The summed E-state index contributed by atoms with van der Waals surface area (Å²) < 4.78 is 18.9. The summed E-state index contributed by atoms with van der Waals surface area (Å²) in [5, 5.41) is 9.02. The Labute approximate surface area is 283 Å². The van der Waals surface area contributed by atoms with E-state index in [2.05, 4.69) is 56.4 Å². The van der Waals surface area contributed by atoms with Gasteiger partial charge in [0.15, 0.2) is 0 Å². The zero-order valence-electron chi connectivity index (χ0n) is 30.6. The van der Waals surface area contributed by atoms with Gasteiger partial charge in [-0.25, -0.2) is 4.79 Å². The van der Waals surface area contributed by atoms with Crippen molar-refractivity contribution in [1.29, 1.82) is 0 Å². The zero-order valence-corrected chi connectivity index (χ0v) is 31.6. The predicted molar refractivity (Wildman–Crippen MR) is 185 cm³/mol. The van der Waals surface area contributed by atoms with Crippen molar-refractivity contribution in [2.45, 2.75) is 161 Å². The summed E-state index contributed by atoms with van der Waals surface area (Å²) in [5.74, 6) is 0.166. The molecule has 7 atom stereocenters. The molecule has 5 rings (SSSR count). The Kier molecular flexibility index (Phi) is 11.5. The summed E-state index contributed by atoms with van der Waals surface area (Å²) in [5.41, 5.74) is -0.906. The van der Waals surface area contributed by atoms with E-state index in [4.69, 9.17) is 14.0 Å². The second-order valence-corrected chi connectivity index (χ2v) is 22.8. The first-order valence-electron chi connectivity index (χ1n) is 18.0. The molecule has 3 aliphatic carbocycles. The van der Waals surface area contributed by atoms with Gasteiger partial charge >= 0.3 is 13.2 Å². The number of hydrogen-bond donors (Lipinski definition) is 3. The van der Waals surface area contributed by atoms with Crippen molar-refractivity contribution in [3.05, 3.63) is 0 Å². The van der Waals surface area contributed by atoms with Gasteiger partial charge in [0.1, 0.15) is 17.7 Å². The van der Waals surface area contributed by atoms with Crippen LogP contribution in [0.15, 0.2) is 0 Å². The van der Waals surface area contributed by atoms with Gasteiger partial charge in [-0.15, -0.1) is 0 Å². The smallest absolute Gasteiger partial charge is 0.444 e. The number of carbonyl (C=O) groups excluding carboxylic acids is 4. The van der Waals surface area contributed by atoms with E-state index in [0.29, 0.717) is 56.7 Å².